The molecule has 0 aliphatic carbocycles. The molecule has 0 aliphatic heterocycles. The Labute approximate surface area is 233 Å². The van der Waals surface area contributed by atoms with Crippen LogP contribution in [-0.4, -0.2) is 58.1 Å². The number of halogens is 2. The first-order valence-electron chi connectivity index (χ1n) is 10.7. The third-order valence-electron chi connectivity index (χ3n) is 4.06. The van der Waals surface area contributed by atoms with Crippen molar-refractivity contribution in [1.29, 1.82) is 0 Å². The monoisotopic (exact) mass is 594 g/mol. The number of amides is 4. The van der Waals surface area contributed by atoms with Gasteiger partial charge in [0.25, 0.3) is 0 Å². The minimum Gasteiger partial charge on any atom is -0.337 e. The largest absolute Gasteiger partial charge is 0.337 e. The van der Waals surface area contributed by atoms with Crippen molar-refractivity contribution in [3.8, 4) is 0 Å². The number of nitrogens with one attached hydrogen (secondary N) is 4. The van der Waals surface area contributed by atoms with E-state index in [0.717, 1.165) is 45.9 Å². The maximum atomic E-state index is 11.8. The Balaban J connectivity index is 1.35. The van der Waals surface area contributed by atoms with E-state index in [2.05, 4.69) is 30.0 Å². The van der Waals surface area contributed by atoms with Gasteiger partial charge in [0.1, 0.15) is 0 Å². The summed E-state index contributed by atoms with van der Waals surface area (Å²) in [6, 6.07) is 6.80. The molecule has 4 N–H and O–H groups in total. The van der Waals surface area contributed by atoms with Crippen molar-refractivity contribution in [3.05, 3.63) is 58.1 Å². The van der Waals surface area contributed by atoms with Crippen molar-refractivity contribution in [2.75, 3.05) is 36.1 Å². The summed E-state index contributed by atoms with van der Waals surface area (Å²) in [5, 5.41) is 6.88. The molecule has 192 valence electrons. The minimum atomic E-state index is -0.239. The van der Waals surface area contributed by atoms with Gasteiger partial charge in [-0.2, -0.15) is 23.5 Å². The molecule has 2 rings (SSSR count). The number of thioether (sulfide) groups is 2. The summed E-state index contributed by atoms with van der Waals surface area (Å²) in [5.41, 5.74) is 1.74. The van der Waals surface area contributed by atoms with E-state index in [1.165, 1.54) is 23.9 Å². The molecule has 2 heterocycles. The summed E-state index contributed by atoms with van der Waals surface area (Å²) in [7, 11) is 0. The van der Waals surface area contributed by atoms with Crippen LogP contribution in [0.25, 0.3) is 0 Å². The fourth-order valence-electron chi connectivity index (χ4n) is 2.39. The lowest BCUT2D eigenvalue weighted by Gasteiger charge is -2.09. The number of hydrogen-bond acceptors (Lipinski definition) is 8. The quantitative estimate of drug-likeness (QED) is 0.154. The average Bonchev–Trinajstić information content (AvgIpc) is 2.85. The lowest BCUT2D eigenvalue weighted by atomic mass is 10.4. The Bertz CT molecular complexity index is 844. The van der Waals surface area contributed by atoms with E-state index >= 15 is 0 Å². The highest BCUT2D eigenvalue weighted by Gasteiger charge is 2.04. The molecule has 4 amide bonds. The zero-order valence-electron chi connectivity index (χ0n) is 18.9. The van der Waals surface area contributed by atoms with Crippen molar-refractivity contribution in [1.82, 2.24) is 30.0 Å². The van der Waals surface area contributed by atoms with Crippen molar-refractivity contribution in [3.63, 3.8) is 0 Å². The molecule has 2 aromatic heterocycles. The van der Waals surface area contributed by atoms with Gasteiger partial charge in [0, 0.05) is 60.0 Å². The fourth-order valence-corrected chi connectivity index (χ4v) is 6.28. The number of nitrogens with zero attached hydrogens (tertiary/aromatic N) is 2. The minimum absolute atomic E-state index is 0.239. The van der Waals surface area contributed by atoms with Gasteiger partial charge in [-0.25, -0.2) is 9.59 Å². The van der Waals surface area contributed by atoms with Gasteiger partial charge in [0.2, 0.25) is 0 Å². The van der Waals surface area contributed by atoms with Crippen LogP contribution in [0.1, 0.15) is 17.8 Å². The molecule has 0 saturated heterocycles. The van der Waals surface area contributed by atoms with Crippen LogP contribution < -0.4 is 20.1 Å². The maximum Gasteiger partial charge on any atom is 0.324 e. The average molecular weight is 596 g/mol. The van der Waals surface area contributed by atoms with E-state index in [9.17, 15) is 9.59 Å². The lowest BCUT2D eigenvalue weighted by molar-refractivity contribution is 0.245. The molecule has 0 atom stereocenters. The molecular formula is C21H28Cl2N6O2S4. The van der Waals surface area contributed by atoms with Crippen LogP contribution in [0, 0.1) is 0 Å². The number of carbonyl (C=O) groups excluding carboxylic acids is 2. The molecule has 14 heteroatoms. The second kappa shape index (κ2) is 19.0. The third-order valence-corrected chi connectivity index (χ3v) is 8.68. The van der Waals surface area contributed by atoms with Crippen LogP contribution >= 0.6 is 70.6 Å². The van der Waals surface area contributed by atoms with Crippen molar-refractivity contribution in [2.24, 2.45) is 0 Å². The van der Waals surface area contributed by atoms with Crippen LogP contribution in [0.4, 0.5) is 9.59 Å². The number of aromatic nitrogens is 2. The molecule has 0 bridgehead atoms. The SMILES string of the molecule is O=C(NCCCNC(=O)NSCCSCc1ncccc1Cl)NSCCSCc1ncccc1Cl. The van der Waals surface area contributed by atoms with Gasteiger partial charge in [-0.3, -0.25) is 19.4 Å². The van der Waals surface area contributed by atoms with Crippen LogP contribution in [0.15, 0.2) is 36.7 Å². The molecule has 0 saturated carbocycles. The molecular weight excluding hydrogens is 567 g/mol. The maximum absolute atomic E-state index is 11.8. The summed E-state index contributed by atoms with van der Waals surface area (Å²) in [6.45, 7) is 0.943. The Morgan fingerprint density at radius 1 is 0.743 bits per heavy atom. The first kappa shape index (κ1) is 30.0. The number of urea groups is 2. The van der Waals surface area contributed by atoms with E-state index in [0.29, 0.717) is 29.6 Å². The highest BCUT2D eigenvalue weighted by atomic mass is 35.5. The van der Waals surface area contributed by atoms with Gasteiger partial charge < -0.3 is 10.6 Å². The van der Waals surface area contributed by atoms with Gasteiger partial charge in [0.05, 0.1) is 21.4 Å². The molecule has 0 fully saturated rings. The van der Waals surface area contributed by atoms with E-state index in [1.807, 2.05) is 24.3 Å². The first-order chi connectivity index (χ1) is 17.1. The summed E-state index contributed by atoms with van der Waals surface area (Å²) < 4.78 is 5.49. The van der Waals surface area contributed by atoms with E-state index < -0.39 is 0 Å². The van der Waals surface area contributed by atoms with E-state index in [-0.39, 0.29) is 12.1 Å². The molecule has 0 radical (unpaired) electrons. The van der Waals surface area contributed by atoms with Gasteiger partial charge in [-0.05, 0) is 54.6 Å². The number of rotatable bonds is 16. The fraction of sp³-hybridized carbons (Fsp3) is 0.429. The predicted molar refractivity (Wildman–Crippen MR) is 153 cm³/mol. The third kappa shape index (κ3) is 14.2. The highest BCUT2D eigenvalue weighted by Crippen LogP contribution is 2.19. The van der Waals surface area contributed by atoms with Crippen molar-refractivity contribution in [2.45, 2.75) is 17.9 Å². The molecule has 0 unspecified atom stereocenters. The van der Waals surface area contributed by atoms with Gasteiger partial charge in [-0.15, -0.1) is 0 Å². The Kier molecular flexibility index (Phi) is 16.3. The summed E-state index contributed by atoms with van der Waals surface area (Å²) in [4.78, 5) is 32.1. The molecule has 0 aromatic carbocycles. The Hall–Kier alpha value is -1.18. The summed E-state index contributed by atoms with van der Waals surface area (Å²) >= 11 is 18.3. The summed E-state index contributed by atoms with van der Waals surface area (Å²) in [6.07, 6.45) is 4.10. The molecule has 8 nitrogen and oxygen atoms in total. The molecule has 2 aromatic rings. The second-order valence-electron chi connectivity index (χ2n) is 6.74. The van der Waals surface area contributed by atoms with Gasteiger partial charge in [-0.1, -0.05) is 23.2 Å². The first-order valence-corrected chi connectivity index (χ1v) is 15.8. The van der Waals surface area contributed by atoms with Gasteiger partial charge in [0.15, 0.2) is 0 Å². The second-order valence-corrected chi connectivity index (χ2v) is 11.6. The van der Waals surface area contributed by atoms with Gasteiger partial charge >= 0.3 is 12.1 Å². The van der Waals surface area contributed by atoms with Crippen molar-refractivity contribution >= 4 is 82.7 Å². The summed E-state index contributed by atoms with van der Waals surface area (Å²) in [5.74, 6) is 4.77. The van der Waals surface area contributed by atoms with E-state index in [1.54, 1.807) is 35.9 Å². The Morgan fingerprint density at radius 3 is 1.63 bits per heavy atom. The smallest absolute Gasteiger partial charge is 0.324 e. The van der Waals surface area contributed by atoms with Crippen LogP contribution in [0.3, 0.4) is 0 Å². The highest BCUT2D eigenvalue weighted by molar-refractivity contribution is 8.02. The normalized spacial score (nSPS) is 10.6. The molecule has 35 heavy (non-hydrogen) atoms. The van der Waals surface area contributed by atoms with Crippen LogP contribution in [0.2, 0.25) is 10.0 Å². The number of hydrogen-bond donors (Lipinski definition) is 4. The number of pyridine rings is 2. The van der Waals surface area contributed by atoms with Crippen molar-refractivity contribution < 1.29 is 9.59 Å². The Morgan fingerprint density at radius 2 is 1.20 bits per heavy atom. The van der Waals surface area contributed by atoms with Crippen LogP contribution in [0.5, 0.6) is 0 Å². The topological polar surface area (TPSA) is 108 Å². The zero-order valence-corrected chi connectivity index (χ0v) is 23.7. The number of carbonyl (C=O) groups is 2. The molecule has 0 spiro atoms. The zero-order chi connectivity index (χ0) is 25.1. The van der Waals surface area contributed by atoms with E-state index in [4.69, 9.17) is 23.2 Å². The molecule has 0 aliphatic rings. The standard InChI is InChI=1S/C21H28Cl2N6O2S4/c22-16-4-1-6-24-18(16)14-32-10-12-34-28-20(30)26-8-3-9-27-21(31)29-35-13-11-33-15-19-17(23)5-2-7-25-19/h1-2,4-7H,3,8-15H2,(H2,26,28,30)(H2,27,29,31). The van der Waals surface area contributed by atoms with Crippen LogP contribution in [-0.2, 0) is 11.5 Å². The lowest BCUT2D eigenvalue weighted by Crippen LogP contribution is -2.36. The predicted octanol–water partition coefficient (Wildman–Crippen LogP) is 5.23.